The lowest BCUT2D eigenvalue weighted by atomic mass is 10.2. The van der Waals surface area contributed by atoms with E-state index in [0.717, 1.165) is 11.8 Å². The Labute approximate surface area is 136 Å². The van der Waals surface area contributed by atoms with Gasteiger partial charge in [-0.3, -0.25) is 20.2 Å². The predicted octanol–water partition coefficient (Wildman–Crippen LogP) is 4.07. The molecule has 0 radical (unpaired) electrons. The van der Waals surface area contributed by atoms with E-state index in [1.165, 1.54) is 18.2 Å². The van der Waals surface area contributed by atoms with Crippen molar-refractivity contribution >= 4 is 23.4 Å². The van der Waals surface area contributed by atoms with E-state index in [9.17, 15) is 20.2 Å². The monoisotopic (exact) mass is 334 g/mol. The SMILES string of the molecule is O=[N+]([O-])C=Cc1ccc(OCc2ccc([N+](=O)[O-])cc2)c(Cl)c1. The Balaban J connectivity index is 2.03. The minimum Gasteiger partial charge on any atom is -0.487 e. The molecule has 118 valence electrons. The molecular formula is C15H11ClN2O5. The molecule has 0 N–H and O–H groups in total. The Kier molecular flexibility index (Phi) is 5.27. The van der Waals surface area contributed by atoms with Gasteiger partial charge in [0, 0.05) is 18.2 Å². The minimum absolute atomic E-state index is 0.00807. The number of hydrogen-bond acceptors (Lipinski definition) is 5. The molecule has 0 bridgehead atoms. The highest BCUT2D eigenvalue weighted by atomic mass is 35.5. The predicted molar refractivity (Wildman–Crippen MR) is 84.9 cm³/mol. The quantitative estimate of drug-likeness (QED) is 0.586. The Morgan fingerprint density at radius 2 is 1.78 bits per heavy atom. The maximum Gasteiger partial charge on any atom is 0.269 e. The molecule has 7 nitrogen and oxygen atoms in total. The van der Waals surface area contributed by atoms with Crippen LogP contribution in [0, 0.1) is 20.2 Å². The van der Waals surface area contributed by atoms with Crippen molar-refractivity contribution in [2.24, 2.45) is 0 Å². The van der Waals surface area contributed by atoms with Gasteiger partial charge in [-0.1, -0.05) is 17.7 Å². The smallest absolute Gasteiger partial charge is 0.269 e. The first-order valence-electron chi connectivity index (χ1n) is 6.43. The molecule has 0 saturated heterocycles. The molecular weight excluding hydrogens is 324 g/mol. The highest BCUT2D eigenvalue weighted by molar-refractivity contribution is 6.32. The zero-order valence-corrected chi connectivity index (χ0v) is 12.5. The molecule has 0 saturated carbocycles. The van der Waals surface area contributed by atoms with Crippen LogP contribution in [0.25, 0.3) is 6.08 Å². The van der Waals surface area contributed by atoms with Gasteiger partial charge in [-0.25, -0.2) is 0 Å². The minimum atomic E-state index is -0.563. The maximum absolute atomic E-state index is 10.6. The standard InChI is InChI=1S/C15H11ClN2O5/c16-14-9-11(7-8-17(19)20)3-6-15(14)23-10-12-1-4-13(5-2-12)18(21)22/h1-9H,10H2. The molecule has 2 rings (SSSR count). The van der Waals surface area contributed by atoms with Gasteiger partial charge in [0.05, 0.1) is 14.9 Å². The fourth-order valence-electron chi connectivity index (χ4n) is 1.76. The van der Waals surface area contributed by atoms with Crippen LogP contribution in [-0.2, 0) is 6.61 Å². The van der Waals surface area contributed by atoms with Gasteiger partial charge in [-0.2, -0.15) is 0 Å². The maximum atomic E-state index is 10.6. The Bertz CT molecular complexity index is 759. The fraction of sp³-hybridized carbons (Fsp3) is 0.0667. The number of ether oxygens (including phenoxy) is 1. The summed E-state index contributed by atoms with van der Waals surface area (Å²) in [7, 11) is 0. The summed E-state index contributed by atoms with van der Waals surface area (Å²) < 4.78 is 5.54. The van der Waals surface area contributed by atoms with Gasteiger partial charge in [-0.05, 0) is 35.4 Å². The van der Waals surface area contributed by atoms with Crippen molar-refractivity contribution in [2.45, 2.75) is 6.61 Å². The Morgan fingerprint density at radius 1 is 1.09 bits per heavy atom. The molecule has 0 amide bonds. The molecule has 0 aliphatic heterocycles. The van der Waals surface area contributed by atoms with Crippen molar-refractivity contribution in [2.75, 3.05) is 0 Å². The van der Waals surface area contributed by atoms with Crippen LogP contribution in [0.1, 0.15) is 11.1 Å². The molecule has 23 heavy (non-hydrogen) atoms. The highest BCUT2D eigenvalue weighted by Gasteiger charge is 2.06. The van der Waals surface area contributed by atoms with E-state index in [1.54, 1.807) is 30.3 Å². The van der Waals surface area contributed by atoms with E-state index in [4.69, 9.17) is 16.3 Å². The van der Waals surface area contributed by atoms with Crippen LogP contribution < -0.4 is 4.74 Å². The number of benzene rings is 2. The Morgan fingerprint density at radius 3 is 2.35 bits per heavy atom. The van der Waals surface area contributed by atoms with Crippen LogP contribution in [0.2, 0.25) is 5.02 Å². The summed E-state index contributed by atoms with van der Waals surface area (Å²) in [6.07, 6.45) is 2.15. The van der Waals surface area contributed by atoms with Crippen molar-refractivity contribution in [1.82, 2.24) is 0 Å². The molecule has 0 heterocycles. The van der Waals surface area contributed by atoms with Crippen LogP contribution in [-0.4, -0.2) is 9.85 Å². The van der Waals surface area contributed by atoms with E-state index in [-0.39, 0.29) is 12.3 Å². The number of hydrogen-bond donors (Lipinski definition) is 0. The van der Waals surface area contributed by atoms with Gasteiger partial charge >= 0.3 is 0 Å². The highest BCUT2D eigenvalue weighted by Crippen LogP contribution is 2.27. The topological polar surface area (TPSA) is 95.5 Å². The van der Waals surface area contributed by atoms with Crippen molar-refractivity contribution < 1.29 is 14.6 Å². The van der Waals surface area contributed by atoms with Crippen molar-refractivity contribution in [3.63, 3.8) is 0 Å². The molecule has 0 aromatic heterocycles. The average molecular weight is 335 g/mol. The second kappa shape index (κ2) is 7.37. The third kappa shape index (κ3) is 4.79. The summed E-state index contributed by atoms with van der Waals surface area (Å²) >= 11 is 6.06. The molecule has 2 aromatic rings. The van der Waals surface area contributed by atoms with Crippen molar-refractivity contribution in [3.05, 3.63) is 85.0 Å². The van der Waals surface area contributed by atoms with Gasteiger partial charge in [0.2, 0.25) is 6.20 Å². The summed E-state index contributed by atoms with van der Waals surface area (Å²) in [5, 5.41) is 21.2. The molecule has 2 aromatic carbocycles. The number of nitro benzene ring substituents is 1. The number of halogens is 1. The van der Waals surface area contributed by atoms with E-state index < -0.39 is 9.85 Å². The zero-order valence-electron chi connectivity index (χ0n) is 11.7. The Hall–Kier alpha value is -2.93. The van der Waals surface area contributed by atoms with Crippen LogP contribution in [0.3, 0.4) is 0 Å². The second-order valence-corrected chi connectivity index (χ2v) is 4.91. The summed E-state index contributed by atoms with van der Waals surface area (Å²) in [6, 6.07) is 10.8. The van der Waals surface area contributed by atoms with Gasteiger partial charge in [0.15, 0.2) is 0 Å². The summed E-state index contributed by atoms with van der Waals surface area (Å²) in [6.45, 7) is 0.196. The molecule has 0 fully saturated rings. The molecule has 0 spiro atoms. The molecule has 8 heteroatoms. The number of nitro groups is 2. The van der Waals surface area contributed by atoms with E-state index in [0.29, 0.717) is 16.3 Å². The largest absolute Gasteiger partial charge is 0.487 e. The molecule has 0 atom stereocenters. The molecule has 0 aliphatic rings. The molecule has 0 unspecified atom stereocenters. The average Bonchev–Trinajstić information content (AvgIpc) is 2.52. The number of non-ortho nitro benzene ring substituents is 1. The lowest BCUT2D eigenvalue weighted by Crippen LogP contribution is -1.96. The first kappa shape index (κ1) is 16.4. The van der Waals surface area contributed by atoms with Gasteiger partial charge in [-0.15, -0.1) is 0 Å². The number of nitrogens with zero attached hydrogens (tertiary/aromatic N) is 2. The van der Waals surface area contributed by atoms with Gasteiger partial charge in [0.25, 0.3) is 5.69 Å². The zero-order chi connectivity index (χ0) is 16.8. The summed E-state index contributed by atoms with van der Waals surface area (Å²) in [4.78, 5) is 19.8. The number of rotatable bonds is 6. The summed E-state index contributed by atoms with van der Waals surface area (Å²) in [5.41, 5.74) is 1.34. The second-order valence-electron chi connectivity index (χ2n) is 4.50. The summed E-state index contributed by atoms with van der Waals surface area (Å²) in [5.74, 6) is 0.420. The van der Waals surface area contributed by atoms with Crippen LogP contribution in [0.5, 0.6) is 5.75 Å². The first-order valence-corrected chi connectivity index (χ1v) is 6.81. The van der Waals surface area contributed by atoms with Crippen LogP contribution >= 0.6 is 11.6 Å². The first-order chi connectivity index (χ1) is 11.0. The third-order valence-electron chi connectivity index (χ3n) is 2.89. The van der Waals surface area contributed by atoms with Crippen LogP contribution in [0.4, 0.5) is 5.69 Å². The third-order valence-corrected chi connectivity index (χ3v) is 3.18. The van der Waals surface area contributed by atoms with Gasteiger partial charge in [0.1, 0.15) is 12.4 Å². The van der Waals surface area contributed by atoms with Gasteiger partial charge < -0.3 is 4.74 Å². The normalized spacial score (nSPS) is 10.7. The molecule has 0 aliphatic carbocycles. The van der Waals surface area contributed by atoms with Crippen molar-refractivity contribution in [1.29, 1.82) is 0 Å². The van der Waals surface area contributed by atoms with E-state index in [1.807, 2.05) is 0 Å². The lowest BCUT2D eigenvalue weighted by molar-refractivity contribution is -0.400. The van der Waals surface area contributed by atoms with E-state index >= 15 is 0 Å². The van der Waals surface area contributed by atoms with Crippen molar-refractivity contribution in [3.8, 4) is 5.75 Å². The van der Waals surface area contributed by atoms with E-state index in [2.05, 4.69) is 0 Å². The lowest BCUT2D eigenvalue weighted by Gasteiger charge is -2.08. The van der Waals surface area contributed by atoms with Crippen LogP contribution in [0.15, 0.2) is 48.7 Å². The fourth-order valence-corrected chi connectivity index (χ4v) is 2.00.